The molecule has 0 atom stereocenters. The summed E-state index contributed by atoms with van der Waals surface area (Å²) in [5.74, 6) is 0.331. The molecule has 98 valence electrons. The van der Waals surface area contributed by atoms with Crippen LogP contribution in [-0.4, -0.2) is 49.2 Å². The van der Waals surface area contributed by atoms with Gasteiger partial charge in [0, 0.05) is 25.2 Å². The largest absolute Gasteiger partial charge is 0.504 e. The Morgan fingerprint density at radius 2 is 2.22 bits per heavy atom. The number of phenols is 1. The molecule has 2 N–H and O–H groups in total. The molecule has 1 fully saturated rings. The van der Waals surface area contributed by atoms with E-state index in [1.54, 1.807) is 17.0 Å². The van der Waals surface area contributed by atoms with Gasteiger partial charge in [-0.1, -0.05) is 0 Å². The van der Waals surface area contributed by atoms with Crippen LogP contribution in [0.15, 0.2) is 18.2 Å². The summed E-state index contributed by atoms with van der Waals surface area (Å²) in [6, 6.07) is 4.75. The average Bonchev–Trinajstić information content (AvgIpc) is 2.66. The third-order valence-corrected chi connectivity index (χ3v) is 3.05. The zero-order valence-corrected chi connectivity index (χ0v) is 10.5. The van der Waals surface area contributed by atoms with Gasteiger partial charge in [-0.2, -0.15) is 0 Å². The first kappa shape index (κ1) is 12.7. The first-order valence-corrected chi connectivity index (χ1v) is 6.09. The van der Waals surface area contributed by atoms with Crippen LogP contribution in [0.5, 0.6) is 11.5 Å². The first-order chi connectivity index (χ1) is 8.72. The predicted octanol–water partition coefficient (Wildman–Crippen LogP) is 0.836. The molecule has 5 heteroatoms. The molecule has 1 aliphatic rings. The van der Waals surface area contributed by atoms with E-state index in [2.05, 4.69) is 5.32 Å². The number of amides is 1. The molecule has 2 rings (SSSR count). The minimum absolute atomic E-state index is 0.00343. The van der Waals surface area contributed by atoms with Crippen molar-refractivity contribution in [2.75, 3.05) is 33.3 Å². The van der Waals surface area contributed by atoms with Crippen LogP contribution in [0.25, 0.3) is 0 Å². The summed E-state index contributed by atoms with van der Waals surface area (Å²) in [5.41, 5.74) is 0.496. The molecule has 0 bridgehead atoms. The highest BCUT2D eigenvalue weighted by Crippen LogP contribution is 2.26. The molecule has 0 radical (unpaired) electrons. The third kappa shape index (κ3) is 2.73. The smallest absolute Gasteiger partial charge is 0.254 e. The number of nitrogens with one attached hydrogen (secondary N) is 1. The number of hydrogen-bond donors (Lipinski definition) is 2. The number of hydrogen-bond acceptors (Lipinski definition) is 4. The van der Waals surface area contributed by atoms with Crippen LogP contribution in [0.3, 0.4) is 0 Å². The molecule has 1 aromatic rings. The van der Waals surface area contributed by atoms with Crippen LogP contribution in [0.2, 0.25) is 0 Å². The number of ether oxygens (including phenoxy) is 1. The van der Waals surface area contributed by atoms with Gasteiger partial charge in [-0.3, -0.25) is 4.79 Å². The lowest BCUT2D eigenvalue weighted by atomic mass is 10.1. The molecule has 1 aliphatic heterocycles. The lowest BCUT2D eigenvalue weighted by Gasteiger charge is -2.20. The van der Waals surface area contributed by atoms with E-state index in [0.717, 1.165) is 26.1 Å². The summed E-state index contributed by atoms with van der Waals surface area (Å²) >= 11 is 0. The van der Waals surface area contributed by atoms with Gasteiger partial charge in [-0.05, 0) is 31.2 Å². The Morgan fingerprint density at radius 3 is 2.94 bits per heavy atom. The number of carbonyl (C=O) groups is 1. The van der Waals surface area contributed by atoms with Crippen LogP contribution in [0, 0.1) is 0 Å². The quantitative estimate of drug-likeness (QED) is 0.816. The number of benzene rings is 1. The first-order valence-electron chi connectivity index (χ1n) is 6.09. The summed E-state index contributed by atoms with van der Waals surface area (Å²) < 4.78 is 4.96. The van der Waals surface area contributed by atoms with E-state index >= 15 is 0 Å². The zero-order valence-electron chi connectivity index (χ0n) is 10.5. The van der Waals surface area contributed by atoms with E-state index in [0.29, 0.717) is 17.9 Å². The van der Waals surface area contributed by atoms with Crippen LogP contribution in [-0.2, 0) is 0 Å². The zero-order chi connectivity index (χ0) is 13.0. The highest BCUT2D eigenvalue weighted by Gasteiger charge is 2.18. The van der Waals surface area contributed by atoms with Crippen LogP contribution >= 0.6 is 0 Å². The molecular formula is C13H18N2O3. The van der Waals surface area contributed by atoms with E-state index in [1.165, 1.54) is 13.2 Å². The number of aromatic hydroxyl groups is 1. The van der Waals surface area contributed by atoms with Gasteiger partial charge in [0.1, 0.15) is 0 Å². The predicted molar refractivity (Wildman–Crippen MR) is 68.0 cm³/mol. The average molecular weight is 250 g/mol. The highest BCUT2D eigenvalue weighted by molar-refractivity contribution is 5.94. The van der Waals surface area contributed by atoms with E-state index < -0.39 is 0 Å². The molecule has 18 heavy (non-hydrogen) atoms. The van der Waals surface area contributed by atoms with Crippen molar-refractivity contribution in [3.8, 4) is 11.5 Å². The second kappa shape index (κ2) is 5.73. The SMILES string of the molecule is COc1ccc(C(=O)N2CCCNCC2)cc1O. The second-order valence-corrected chi connectivity index (χ2v) is 4.28. The minimum atomic E-state index is -0.0448. The molecule has 1 heterocycles. The van der Waals surface area contributed by atoms with Crippen molar-refractivity contribution in [1.82, 2.24) is 10.2 Å². The Balaban J connectivity index is 2.14. The second-order valence-electron chi connectivity index (χ2n) is 4.28. The van der Waals surface area contributed by atoms with Crippen molar-refractivity contribution in [2.45, 2.75) is 6.42 Å². The van der Waals surface area contributed by atoms with Crippen molar-refractivity contribution in [1.29, 1.82) is 0 Å². The van der Waals surface area contributed by atoms with Crippen molar-refractivity contribution in [2.24, 2.45) is 0 Å². The van der Waals surface area contributed by atoms with Crippen LogP contribution in [0.1, 0.15) is 16.8 Å². The van der Waals surface area contributed by atoms with E-state index in [1.807, 2.05) is 0 Å². The standard InChI is InChI=1S/C13H18N2O3/c1-18-12-4-3-10(9-11(12)16)13(17)15-7-2-5-14-6-8-15/h3-4,9,14,16H,2,5-8H2,1H3. The number of nitrogens with zero attached hydrogens (tertiary/aromatic N) is 1. The molecular weight excluding hydrogens is 232 g/mol. The minimum Gasteiger partial charge on any atom is -0.504 e. The Morgan fingerprint density at radius 1 is 1.39 bits per heavy atom. The van der Waals surface area contributed by atoms with Gasteiger partial charge in [0.25, 0.3) is 5.91 Å². The maximum absolute atomic E-state index is 12.3. The fourth-order valence-corrected chi connectivity index (χ4v) is 2.05. The highest BCUT2D eigenvalue weighted by atomic mass is 16.5. The fourth-order valence-electron chi connectivity index (χ4n) is 2.05. The number of carbonyl (C=O) groups excluding carboxylic acids is 1. The monoisotopic (exact) mass is 250 g/mol. The van der Waals surface area contributed by atoms with E-state index in [4.69, 9.17) is 4.74 Å². The normalized spacial score (nSPS) is 16.2. The number of phenolic OH excluding ortho intramolecular Hbond substituents is 1. The Kier molecular flexibility index (Phi) is 4.04. The van der Waals surface area contributed by atoms with Gasteiger partial charge < -0.3 is 20.1 Å². The maximum atomic E-state index is 12.3. The van der Waals surface area contributed by atoms with Crippen molar-refractivity contribution < 1.29 is 14.6 Å². The number of methoxy groups -OCH3 is 1. The summed E-state index contributed by atoms with van der Waals surface area (Å²) in [6.45, 7) is 3.20. The summed E-state index contributed by atoms with van der Waals surface area (Å²) in [4.78, 5) is 14.1. The maximum Gasteiger partial charge on any atom is 0.254 e. The van der Waals surface area contributed by atoms with Gasteiger partial charge >= 0.3 is 0 Å². The van der Waals surface area contributed by atoms with E-state index in [9.17, 15) is 9.90 Å². The summed E-state index contributed by atoms with van der Waals surface area (Å²) in [6.07, 6.45) is 0.952. The third-order valence-electron chi connectivity index (χ3n) is 3.05. The van der Waals surface area contributed by atoms with Gasteiger partial charge in [0.05, 0.1) is 7.11 Å². The molecule has 0 aliphatic carbocycles. The molecule has 1 saturated heterocycles. The summed E-state index contributed by atoms with van der Waals surface area (Å²) in [7, 11) is 1.48. The van der Waals surface area contributed by atoms with Gasteiger partial charge in [0.15, 0.2) is 11.5 Å². The van der Waals surface area contributed by atoms with Crippen molar-refractivity contribution >= 4 is 5.91 Å². The summed E-state index contributed by atoms with van der Waals surface area (Å²) in [5, 5.41) is 12.9. The number of rotatable bonds is 2. The Labute approximate surface area is 106 Å². The molecule has 0 unspecified atom stereocenters. The molecule has 0 spiro atoms. The van der Waals surface area contributed by atoms with Crippen molar-refractivity contribution in [3.63, 3.8) is 0 Å². The van der Waals surface area contributed by atoms with Gasteiger partial charge in [-0.25, -0.2) is 0 Å². The van der Waals surface area contributed by atoms with Crippen LogP contribution < -0.4 is 10.1 Å². The lowest BCUT2D eigenvalue weighted by Crippen LogP contribution is -2.34. The molecule has 0 saturated carbocycles. The molecule has 1 aromatic carbocycles. The van der Waals surface area contributed by atoms with E-state index in [-0.39, 0.29) is 11.7 Å². The Hall–Kier alpha value is -1.75. The fraction of sp³-hybridized carbons (Fsp3) is 0.462. The van der Waals surface area contributed by atoms with Crippen LogP contribution in [0.4, 0.5) is 0 Å². The lowest BCUT2D eigenvalue weighted by molar-refractivity contribution is 0.0766. The Bertz CT molecular complexity index is 426. The van der Waals surface area contributed by atoms with Gasteiger partial charge in [-0.15, -0.1) is 0 Å². The molecule has 1 amide bonds. The topological polar surface area (TPSA) is 61.8 Å². The molecule has 5 nitrogen and oxygen atoms in total. The van der Waals surface area contributed by atoms with Crippen molar-refractivity contribution in [3.05, 3.63) is 23.8 Å². The van der Waals surface area contributed by atoms with Gasteiger partial charge in [0.2, 0.25) is 0 Å². The molecule has 0 aromatic heterocycles.